The van der Waals surface area contributed by atoms with Gasteiger partial charge in [0.1, 0.15) is 17.1 Å². The van der Waals surface area contributed by atoms with Crippen LogP contribution >= 0.6 is 11.6 Å². The molecule has 0 aliphatic heterocycles. The number of rotatable bonds is 9. The zero-order valence-electron chi connectivity index (χ0n) is 21.7. The molecule has 2 N–H and O–H groups in total. The first-order chi connectivity index (χ1) is 17.6. The largest absolute Gasteiger partial charge is 1.00 e. The van der Waals surface area contributed by atoms with E-state index in [4.69, 9.17) is 16.3 Å². The summed E-state index contributed by atoms with van der Waals surface area (Å²) in [4.78, 5) is 51.9. The summed E-state index contributed by atoms with van der Waals surface area (Å²) in [5, 5.41) is 12.4. The molecular weight excluding hydrogens is 533 g/mol. The van der Waals surface area contributed by atoms with E-state index in [0.717, 1.165) is 12.8 Å². The van der Waals surface area contributed by atoms with Crippen molar-refractivity contribution in [3.8, 4) is 0 Å². The first-order valence-corrected chi connectivity index (χ1v) is 12.7. The number of ether oxygens (including phenoxy) is 1. The second kappa shape index (κ2) is 13.6. The number of carbonyl (C=O) groups excluding carboxylic acids is 3. The summed E-state index contributed by atoms with van der Waals surface area (Å²) in [6, 6.07) is 9.13. The van der Waals surface area contributed by atoms with E-state index in [2.05, 4.69) is 5.32 Å². The highest BCUT2D eigenvalue weighted by molar-refractivity contribution is 6.31. The van der Waals surface area contributed by atoms with Crippen LogP contribution in [0.3, 0.4) is 0 Å². The van der Waals surface area contributed by atoms with Crippen LogP contribution in [0.1, 0.15) is 61.9 Å². The molecule has 1 saturated carbocycles. The van der Waals surface area contributed by atoms with Crippen LogP contribution < -0.4 is 22.3 Å². The number of pyridine rings is 1. The number of ketones is 1. The summed E-state index contributed by atoms with van der Waals surface area (Å²) >= 11 is 6.46. The number of hydrogen-bond acceptors (Lipinski definition) is 5. The monoisotopic (exact) mass is 565 g/mol. The van der Waals surface area contributed by atoms with E-state index in [1.54, 1.807) is 49.5 Å². The second-order valence-electron chi connectivity index (χ2n) is 9.35. The average Bonchev–Trinajstić information content (AvgIpc) is 2.90. The number of benzene rings is 1. The Morgan fingerprint density at radius 1 is 1.21 bits per heavy atom. The number of aromatic nitrogens is 1. The third-order valence-corrected chi connectivity index (χ3v) is 7.37. The zero-order valence-corrected chi connectivity index (χ0v) is 23.2. The molecule has 1 unspecified atom stereocenters. The fourth-order valence-electron chi connectivity index (χ4n) is 4.66. The van der Waals surface area contributed by atoms with Gasteiger partial charge in [-0.25, -0.2) is 9.59 Å². The molecule has 1 aliphatic carbocycles. The highest BCUT2D eigenvalue weighted by Crippen LogP contribution is 2.42. The van der Waals surface area contributed by atoms with Gasteiger partial charge in [0, 0.05) is 30.1 Å². The van der Waals surface area contributed by atoms with E-state index in [-0.39, 0.29) is 36.4 Å². The minimum absolute atomic E-state index is 0. The van der Waals surface area contributed by atoms with Gasteiger partial charge in [0.15, 0.2) is 18.2 Å². The van der Waals surface area contributed by atoms with Gasteiger partial charge >= 0.3 is 12.1 Å². The minimum atomic E-state index is -1.22. The Balaban J connectivity index is 0.00000507. The molecule has 1 aromatic carbocycles. The number of carbonyl (C=O) groups is 4. The Bertz CT molecular complexity index is 1180. The van der Waals surface area contributed by atoms with E-state index in [1.807, 2.05) is 6.92 Å². The summed E-state index contributed by atoms with van der Waals surface area (Å²) < 4.78 is 7.01. The Morgan fingerprint density at radius 3 is 2.55 bits per heavy atom. The molecule has 1 fully saturated rings. The van der Waals surface area contributed by atoms with E-state index in [1.165, 1.54) is 22.7 Å². The van der Waals surface area contributed by atoms with Crippen molar-refractivity contribution in [2.45, 2.75) is 64.3 Å². The number of halogens is 2. The molecule has 0 radical (unpaired) electrons. The molecule has 206 valence electrons. The number of likely N-dealkylation sites (N-methyl/N-ethyl adjacent to an activating group) is 1. The summed E-state index contributed by atoms with van der Waals surface area (Å²) in [6.07, 6.45) is 5.24. The lowest BCUT2D eigenvalue weighted by atomic mass is 9.74. The fraction of sp³-hybridized carbons (Fsp3) is 0.444. The van der Waals surface area contributed by atoms with Gasteiger partial charge in [-0.3, -0.25) is 14.5 Å². The van der Waals surface area contributed by atoms with E-state index in [9.17, 15) is 24.3 Å². The van der Waals surface area contributed by atoms with Crippen molar-refractivity contribution in [1.29, 1.82) is 0 Å². The van der Waals surface area contributed by atoms with Crippen molar-refractivity contribution in [2.24, 2.45) is 5.92 Å². The summed E-state index contributed by atoms with van der Waals surface area (Å²) in [6.45, 7) is 3.39. The van der Waals surface area contributed by atoms with Gasteiger partial charge in [-0.15, -0.1) is 0 Å². The lowest BCUT2D eigenvalue weighted by Gasteiger charge is -2.43. The quantitative estimate of drug-likeness (QED) is 0.437. The molecule has 0 saturated heterocycles. The Labute approximate surface area is 233 Å². The highest BCUT2D eigenvalue weighted by atomic mass is 35.5. The fourth-order valence-corrected chi connectivity index (χ4v) is 4.95. The number of aliphatic carboxylic acids is 1. The number of amides is 2. The smallest absolute Gasteiger partial charge is 0.415 e. The molecule has 1 aromatic heterocycles. The van der Waals surface area contributed by atoms with Gasteiger partial charge in [0.05, 0.1) is 0 Å². The summed E-state index contributed by atoms with van der Waals surface area (Å²) in [7, 11) is 1.53. The van der Waals surface area contributed by atoms with Crippen molar-refractivity contribution < 1.29 is 46.0 Å². The molecule has 0 spiro atoms. The van der Waals surface area contributed by atoms with Crippen LogP contribution in [-0.4, -0.2) is 46.8 Å². The number of nitrogens with one attached hydrogen (secondary N) is 1. The maximum atomic E-state index is 13.2. The van der Waals surface area contributed by atoms with Gasteiger partial charge in [-0.05, 0) is 37.3 Å². The van der Waals surface area contributed by atoms with E-state index < -0.39 is 29.6 Å². The highest BCUT2D eigenvalue weighted by Gasteiger charge is 2.48. The maximum absolute atomic E-state index is 13.2. The zero-order chi connectivity index (χ0) is 27.2. The van der Waals surface area contributed by atoms with Crippen LogP contribution in [0.15, 0.2) is 48.8 Å². The number of carboxylic acid groups (broad SMARTS) is 1. The third-order valence-electron chi connectivity index (χ3n) is 7.04. The topological polar surface area (TPSA) is 117 Å². The van der Waals surface area contributed by atoms with Crippen molar-refractivity contribution in [3.63, 3.8) is 0 Å². The number of Topliss-reactive ketones (excluding diaryl/α,β-unsaturated/α-hetero) is 1. The molecule has 11 heteroatoms. The van der Waals surface area contributed by atoms with E-state index >= 15 is 0 Å². The van der Waals surface area contributed by atoms with Crippen LogP contribution in [0.25, 0.3) is 0 Å². The van der Waals surface area contributed by atoms with Gasteiger partial charge in [-0.1, -0.05) is 50.1 Å². The van der Waals surface area contributed by atoms with Crippen LogP contribution in [-0.2, 0) is 26.6 Å². The molecule has 0 bridgehead atoms. The summed E-state index contributed by atoms with van der Waals surface area (Å²) in [5.74, 6) is -1.99. The molecule has 3 atom stereocenters. The first kappa shape index (κ1) is 31.1. The van der Waals surface area contributed by atoms with Crippen molar-refractivity contribution in [3.05, 3.63) is 64.9 Å². The molecule has 1 aliphatic rings. The Kier molecular flexibility index (Phi) is 11.1. The van der Waals surface area contributed by atoms with Crippen LogP contribution in [0.5, 0.6) is 0 Å². The van der Waals surface area contributed by atoms with Crippen LogP contribution in [0.4, 0.5) is 4.79 Å². The number of carboxylic acids is 1. The standard InChI is InChI=1S/C27H32ClN3O6.ClH/c1-4-18(2)23(25(34)35)29-24(33)19-10-9-15-31(16-19)17-37-26(36)30(3)27(14-8-7-13-22(27)32)20-11-5-6-12-21(20)28;/h5-6,9-12,15-16,18,23H,4,7-8,13-14,17H2,1-3H3,(H-,29,33,34,35);1H/t18-,23-,27?;/m0./s1. The molecule has 2 aromatic rings. The average molecular weight is 566 g/mol. The molecule has 1 heterocycles. The van der Waals surface area contributed by atoms with Gasteiger partial charge in [-0.2, -0.15) is 4.57 Å². The Morgan fingerprint density at radius 2 is 1.92 bits per heavy atom. The van der Waals surface area contributed by atoms with Crippen molar-refractivity contribution in [2.75, 3.05) is 7.05 Å². The maximum Gasteiger partial charge on any atom is 0.415 e. The van der Waals surface area contributed by atoms with Crippen molar-refractivity contribution >= 4 is 35.4 Å². The second-order valence-corrected chi connectivity index (χ2v) is 9.76. The van der Waals surface area contributed by atoms with Crippen LogP contribution in [0, 0.1) is 5.92 Å². The molecule has 3 rings (SSSR count). The predicted octanol–water partition coefficient (Wildman–Crippen LogP) is 0.925. The lowest BCUT2D eigenvalue weighted by molar-refractivity contribution is -0.727. The molecular formula is C27H33Cl2N3O6. The van der Waals surface area contributed by atoms with Gasteiger partial charge in [0.25, 0.3) is 12.6 Å². The first-order valence-electron chi connectivity index (χ1n) is 12.3. The minimum Gasteiger partial charge on any atom is -1.00 e. The molecule has 2 amide bonds. The van der Waals surface area contributed by atoms with Gasteiger partial charge in [0.2, 0.25) is 0 Å². The van der Waals surface area contributed by atoms with E-state index in [0.29, 0.717) is 29.8 Å². The van der Waals surface area contributed by atoms with Gasteiger partial charge < -0.3 is 27.6 Å². The van der Waals surface area contributed by atoms with Crippen molar-refractivity contribution in [1.82, 2.24) is 10.2 Å². The lowest BCUT2D eigenvalue weighted by Crippen LogP contribution is -3.00. The third kappa shape index (κ3) is 6.63. The normalized spacial score (nSPS) is 18.5. The summed E-state index contributed by atoms with van der Waals surface area (Å²) in [5.41, 5.74) is -0.431. The van der Waals surface area contributed by atoms with Crippen LogP contribution in [0.2, 0.25) is 5.02 Å². The Hall–Kier alpha value is -3.17. The SMILES string of the molecule is CC[C@H](C)[C@H](NC(=O)c1ccc[n+](COC(=O)N(C)C2(c3ccccc3Cl)CCCCC2=O)c1)C(=O)O.[Cl-]. The predicted molar refractivity (Wildman–Crippen MR) is 136 cm³/mol. The number of nitrogens with zero attached hydrogens (tertiary/aromatic N) is 2. The molecule has 9 nitrogen and oxygen atoms in total. The molecule has 38 heavy (non-hydrogen) atoms. The number of hydrogen-bond donors (Lipinski definition) is 2.